The quantitative estimate of drug-likeness (QED) is 0.912. The van der Waals surface area contributed by atoms with Crippen LogP contribution in [-0.4, -0.2) is 31.1 Å². The summed E-state index contributed by atoms with van der Waals surface area (Å²) >= 11 is 1.55. The Hall–Kier alpha value is -1.01. The molecule has 3 rings (SSSR count). The largest absolute Gasteiger partial charge is 0.314 e. The summed E-state index contributed by atoms with van der Waals surface area (Å²) < 4.78 is 28.9. The van der Waals surface area contributed by atoms with Crippen molar-refractivity contribution in [2.45, 2.75) is 13.0 Å². The summed E-state index contributed by atoms with van der Waals surface area (Å²) in [6.45, 7) is 4.94. The highest BCUT2D eigenvalue weighted by atomic mass is 35.5. The molecule has 1 aromatic heterocycles. The normalized spacial score (nSPS) is 17.0. The molecular weight excluding hydrogens is 326 g/mol. The van der Waals surface area contributed by atoms with Crippen LogP contribution in [0.2, 0.25) is 0 Å². The minimum Gasteiger partial charge on any atom is -0.314 e. The van der Waals surface area contributed by atoms with Crippen LogP contribution in [0.1, 0.15) is 22.0 Å². The van der Waals surface area contributed by atoms with Gasteiger partial charge in [0.25, 0.3) is 0 Å². The summed E-state index contributed by atoms with van der Waals surface area (Å²) in [5, 5.41) is 5.24. The van der Waals surface area contributed by atoms with Gasteiger partial charge in [0.05, 0.1) is 6.04 Å². The second-order valence-electron chi connectivity index (χ2n) is 5.30. The van der Waals surface area contributed by atoms with Crippen molar-refractivity contribution < 1.29 is 8.78 Å². The van der Waals surface area contributed by atoms with E-state index in [4.69, 9.17) is 0 Å². The molecule has 1 aliphatic heterocycles. The third kappa shape index (κ3) is 3.33. The molecule has 0 saturated carbocycles. The lowest BCUT2D eigenvalue weighted by atomic mass is 9.99. The Kier molecular flexibility index (Phi) is 5.92. The Morgan fingerprint density at radius 1 is 1.18 bits per heavy atom. The molecule has 0 spiro atoms. The summed E-state index contributed by atoms with van der Waals surface area (Å²) in [5.41, 5.74) is 0.669. The van der Waals surface area contributed by atoms with Gasteiger partial charge in [0, 0.05) is 36.6 Å². The molecule has 2 heterocycles. The number of rotatable bonds is 3. The highest BCUT2D eigenvalue weighted by Crippen LogP contribution is 2.35. The van der Waals surface area contributed by atoms with Gasteiger partial charge in [0.2, 0.25) is 0 Å². The van der Waals surface area contributed by atoms with Crippen LogP contribution >= 0.6 is 23.7 Å². The first kappa shape index (κ1) is 17.3. The third-order valence-corrected chi connectivity index (χ3v) is 4.85. The standard InChI is InChI=1S/C16H18F2N2S.ClH/c1-11-4-5-12(17)14(15(11)18)16(13-3-2-10-21-13)20-8-6-19-7-9-20;/h2-5,10,16,19H,6-9H2,1H3;1H/t16-;/m1./s1. The summed E-state index contributed by atoms with van der Waals surface area (Å²) in [6.07, 6.45) is 0. The van der Waals surface area contributed by atoms with E-state index in [0.717, 1.165) is 31.1 Å². The van der Waals surface area contributed by atoms with Gasteiger partial charge in [-0.15, -0.1) is 23.7 Å². The fraction of sp³-hybridized carbons (Fsp3) is 0.375. The molecule has 6 heteroatoms. The second-order valence-corrected chi connectivity index (χ2v) is 6.28. The molecule has 1 aromatic carbocycles. The number of thiophene rings is 1. The maximum absolute atomic E-state index is 14.6. The number of piperazine rings is 1. The Balaban J connectivity index is 0.00000176. The number of nitrogens with one attached hydrogen (secondary N) is 1. The monoisotopic (exact) mass is 344 g/mol. The summed E-state index contributed by atoms with van der Waals surface area (Å²) in [4.78, 5) is 3.14. The molecule has 2 nitrogen and oxygen atoms in total. The first-order valence-corrected chi connectivity index (χ1v) is 7.99. The van der Waals surface area contributed by atoms with Crippen molar-refractivity contribution in [3.05, 3.63) is 57.3 Å². The zero-order valence-corrected chi connectivity index (χ0v) is 13.9. The van der Waals surface area contributed by atoms with Crippen LogP contribution in [0.4, 0.5) is 8.78 Å². The molecule has 1 atom stereocenters. The van der Waals surface area contributed by atoms with Crippen LogP contribution in [-0.2, 0) is 0 Å². The zero-order chi connectivity index (χ0) is 14.8. The Morgan fingerprint density at radius 2 is 1.91 bits per heavy atom. The van der Waals surface area contributed by atoms with E-state index in [1.807, 2.05) is 17.5 Å². The molecule has 2 aromatic rings. The van der Waals surface area contributed by atoms with E-state index in [1.165, 1.54) is 12.1 Å². The first-order chi connectivity index (χ1) is 10.2. The second kappa shape index (κ2) is 7.51. The van der Waals surface area contributed by atoms with Gasteiger partial charge >= 0.3 is 0 Å². The maximum Gasteiger partial charge on any atom is 0.134 e. The Labute approximate surface area is 139 Å². The predicted molar refractivity (Wildman–Crippen MR) is 88.9 cm³/mol. The van der Waals surface area contributed by atoms with Crippen molar-refractivity contribution in [1.29, 1.82) is 0 Å². The molecule has 0 aliphatic carbocycles. The lowest BCUT2D eigenvalue weighted by molar-refractivity contribution is 0.194. The van der Waals surface area contributed by atoms with Crippen molar-refractivity contribution in [3.8, 4) is 0 Å². The molecule has 0 bridgehead atoms. The summed E-state index contributed by atoms with van der Waals surface area (Å²) in [6, 6.07) is 6.42. The lowest BCUT2D eigenvalue weighted by Crippen LogP contribution is -2.45. The lowest BCUT2D eigenvalue weighted by Gasteiger charge is -2.35. The van der Waals surface area contributed by atoms with Crippen LogP contribution in [0.3, 0.4) is 0 Å². The molecule has 1 saturated heterocycles. The maximum atomic E-state index is 14.6. The van der Waals surface area contributed by atoms with E-state index < -0.39 is 11.6 Å². The molecule has 0 radical (unpaired) electrons. The zero-order valence-electron chi connectivity index (χ0n) is 12.3. The Morgan fingerprint density at radius 3 is 2.55 bits per heavy atom. The van der Waals surface area contributed by atoms with Gasteiger partial charge in [0.15, 0.2) is 0 Å². The van der Waals surface area contributed by atoms with Crippen molar-refractivity contribution in [1.82, 2.24) is 10.2 Å². The minimum atomic E-state index is -0.463. The number of benzene rings is 1. The topological polar surface area (TPSA) is 15.3 Å². The highest BCUT2D eigenvalue weighted by molar-refractivity contribution is 7.10. The average molecular weight is 345 g/mol. The van der Waals surface area contributed by atoms with Crippen molar-refractivity contribution in [3.63, 3.8) is 0 Å². The molecule has 22 heavy (non-hydrogen) atoms. The number of nitrogens with zero attached hydrogens (tertiary/aromatic N) is 1. The fourth-order valence-electron chi connectivity index (χ4n) is 2.82. The molecular formula is C16H19ClF2N2S. The van der Waals surface area contributed by atoms with E-state index in [9.17, 15) is 8.78 Å². The smallest absolute Gasteiger partial charge is 0.134 e. The highest BCUT2D eigenvalue weighted by Gasteiger charge is 2.30. The third-order valence-electron chi connectivity index (χ3n) is 3.92. The van der Waals surface area contributed by atoms with Crippen LogP contribution in [0.5, 0.6) is 0 Å². The molecule has 1 aliphatic rings. The van der Waals surface area contributed by atoms with Crippen LogP contribution in [0, 0.1) is 18.6 Å². The van der Waals surface area contributed by atoms with E-state index in [2.05, 4.69) is 10.2 Å². The molecule has 120 valence electrons. The van der Waals surface area contributed by atoms with Gasteiger partial charge in [0.1, 0.15) is 11.6 Å². The van der Waals surface area contributed by atoms with Crippen LogP contribution < -0.4 is 5.32 Å². The van der Waals surface area contributed by atoms with Gasteiger partial charge in [-0.2, -0.15) is 0 Å². The fourth-order valence-corrected chi connectivity index (χ4v) is 3.69. The van der Waals surface area contributed by atoms with Gasteiger partial charge in [-0.05, 0) is 30.0 Å². The van der Waals surface area contributed by atoms with Gasteiger partial charge in [-0.3, -0.25) is 4.90 Å². The molecule has 0 unspecified atom stereocenters. The number of halogens is 3. The molecule has 0 amide bonds. The van der Waals surface area contributed by atoms with Crippen molar-refractivity contribution in [2.24, 2.45) is 0 Å². The van der Waals surface area contributed by atoms with Crippen molar-refractivity contribution in [2.75, 3.05) is 26.2 Å². The van der Waals surface area contributed by atoms with E-state index in [1.54, 1.807) is 18.3 Å². The van der Waals surface area contributed by atoms with Gasteiger partial charge in [-0.25, -0.2) is 8.78 Å². The number of hydrogen-bond donors (Lipinski definition) is 1. The van der Waals surface area contributed by atoms with Gasteiger partial charge in [-0.1, -0.05) is 12.1 Å². The Bertz CT molecular complexity index is 613. The van der Waals surface area contributed by atoms with Crippen molar-refractivity contribution >= 4 is 23.7 Å². The van der Waals surface area contributed by atoms with Gasteiger partial charge < -0.3 is 5.32 Å². The predicted octanol–water partition coefficient (Wildman–Crippen LogP) is 3.75. The average Bonchev–Trinajstić information content (AvgIpc) is 3.02. The minimum absolute atomic E-state index is 0. The molecule has 1 N–H and O–H groups in total. The first-order valence-electron chi connectivity index (χ1n) is 7.11. The van der Waals surface area contributed by atoms with Crippen LogP contribution in [0.25, 0.3) is 0 Å². The number of aryl methyl sites for hydroxylation is 1. The van der Waals surface area contributed by atoms with E-state index >= 15 is 0 Å². The van der Waals surface area contributed by atoms with Crippen LogP contribution in [0.15, 0.2) is 29.6 Å². The SMILES string of the molecule is Cc1ccc(F)c([C@@H](c2cccs2)N2CCNCC2)c1F.Cl. The number of hydrogen-bond acceptors (Lipinski definition) is 3. The summed E-state index contributed by atoms with van der Waals surface area (Å²) in [7, 11) is 0. The molecule has 1 fully saturated rings. The summed E-state index contributed by atoms with van der Waals surface area (Å²) in [5.74, 6) is -0.887. The van der Waals surface area contributed by atoms with E-state index in [0.29, 0.717) is 5.56 Å². The van der Waals surface area contributed by atoms with E-state index in [-0.39, 0.29) is 24.0 Å².